The highest BCUT2D eigenvalue weighted by atomic mass is 16.4. The van der Waals surface area contributed by atoms with Crippen molar-refractivity contribution >= 4 is 52.3 Å². The molecule has 5 heterocycles. The summed E-state index contributed by atoms with van der Waals surface area (Å²) in [5.41, 5.74) is 12.4. The number of H-pyrrole nitrogens is 2. The van der Waals surface area contributed by atoms with E-state index in [0.29, 0.717) is 0 Å². The van der Waals surface area contributed by atoms with E-state index in [0.717, 1.165) is 81.7 Å². The second kappa shape index (κ2) is 13.9. The lowest BCUT2D eigenvalue weighted by Gasteiger charge is -2.06. The summed E-state index contributed by atoms with van der Waals surface area (Å²) in [7, 11) is 0. The zero-order valence-corrected chi connectivity index (χ0v) is 26.3. The number of fused-ring (bicyclic) bond motifs is 8. The fourth-order valence-corrected chi connectivity index (χ4v) is 6.32. The van der Waals surface area contributed by atoms with Crippen LogP contribution >= 0.6 is 0 Å². The van der Waals surface area contributed by atoms with Crippen LogP contribution in [0.1, 0.15) is 109 Å². The fourth-order valence-electron chi connectivity index (χ4n) is 6.32. The van der Waals surface area contributed by atoms with Gasteiger partial charge < -0.3 is 15.1 Å². The molecule has 230 valence electrons. The van der Waals surface area contributed by atoms with Gasteiger partial charge in [-0.1, -0.05) is 64.5 Å². The van der Waals surface area contributed by atoms with Crippen LogP contribution in [-0.2, 0) is 12.8 Å². The molecule has 0 saturated heterocycles. The Morgan fingerprint density at radius 1 is 0.622 bits per heavy atom. The summed E-state index contributed by atoms with van der Waals surface area (Å²) in [5, 5.41) is 9.49. The van der Waals surface area contributed by atoms with E-state index in [1.165, 1.54) is 49.7 Å². The molecule has 3 aromatic heterocycles. The molecule has 6 rings (SSSR count). The molecule has 0 spiro atoms. The number of aromatic nitrogens is 4. The molecule has 6 heteroatoms. The number of aromatic amines is 2. The first-order valence-corrected chi connectivity index (χ1v) is 16.5. The minimum absolute atomic E-state index is 0.258. The molecule has 3 N–H and O–H groups in total. The Hall–Kier alpha value is -4.71. The average molecular weight is 599 g/mol. The Labute approximate surface area is 265 Å². The predicted molar refractivity (Wildman–Crippen MR) is 187 cm³/mol. The van der Waals surface area contributed by atoms with Crippen LogP contribution in [0.4, 0.5) is 0 Å². The van der Waals surface area contributed by atoms with Crippen molar-refractivity contribution in [3.05, 3.63) is 94.1 Å². The van der Waals surface area contributed by atoms with E-state index in [9.17, 15) is 9.90 Å². The summed E-state index contributed by atoms with van der Waals surface area (Å²) in [6, 6.07) is 17.6. The van der Waals surface area contributed by atoms with E-state index in [2.05, 4.69) is 78.5 Å². The van der Waals surface area contributed by atoms with Gasteiger partial charge in [-0.25, -0.2) is 14.8 Å². The molecule has 0 amide bonds. The smallest absolute Gasteiger partial charge is 0.335 e. The van der Waals surface area contributed by atoms with Crippen molar-refractivity contribution < 1.29 is 9.90 Å². The van der Waals surface area contributed by atoms with Gasteiger partial charge in [0.15, 0.2) is 0 Å². The van der Waals surface area contributed by atoms with Crippen LogP contribution in [0.2, 0.25) is 0 Å². The van der Waals surface area contributed by atoms with Crippen molar-refractivity contribution in [3.8, 4) is 11.1 Å². The van der Waals surface area contributed by atoms with Gasteiger partial charge in [0, 0.05) is 38.8 Å². The number of carboxylic acid groups (broad SMARTS) is 1. The predicted octanol–water partition coefficient (Wildman–Crippen LogP) is 10.3. The molecule has 0 radical (unpaired) electrons. The Bertz CT molecular complexity index is 1910. The number of aromatic carboxylic acids is 1. The molecule has 2 aliphatic rings. The summed E-state index contributed by atoms with van der Waals surface area (Å²) in [6.07, 6.45) is 19.9. The van der Waals surface area contributed by atoms with E-state index >= 15 is 0 Å². The van der Waals surface area contributed by atoms with E-state index in [1.807, 2.05) is 12.1 Å². The summed E-state index contributed by atoms with van der Waals surface area (Å²) in [5.74, 6) is -0.939. The van der Waals surface area contributed by atoms with Gasteiger partial charge in [0.1, 0.15) is 0 Å². The van der Waals surface area contributed by atoms with Crippen LogP contribution in [0.15, 0.2) is 54.6 Å². The normalized spacial score (nSPS) is 12.2. The lowest BCUT2D eigenvalue weighted by atomic mass is 10.0. The van der Waals surface area contributed by atoms with Gasteiger partial charge in [-0.3, -0.25) is 0 Å². The molecular formula is C39H42N4O2. The standard InChI is InChI=1S/C39H42N4O2/c1-3-5-7-9-11-30-32-19-17-28(40-32)25-29-18-20-36(41-29)38(26-13-15-27(16-14-26)39(44)45)37-24-23-35(43-37)31(12-10-8-6-4-2)34-22-21-33(30)42-34/h13-25,40-41H,3-12H2,1-2H3,(H,44,45). The van der Waals surface area contributed by atoms with Gasteiger partial charge >= 0.3 is 5.97 Å². The Balaban J connectivity index is 1.61. The first kappa shape index (κ1) is 30.3. The largest absolute Gasteiger partial charge is 0.478 e. The van der Waals surface area contributed by atoms with Gasteiger partial charge in [0.05, 0.1) is 28.3 Å². The fraction of sp³-hybridized carbons (Fsp3) is 0.308. The zero-order chi connectivity index (χ0) is 31.2. The highest BCUT2D eigenvalue weighted by Gasteiger charge is 2.17. The lowest BCUT2D eigenvalue weighted by molar-refractivity contribution is 0.0697. The van der Waals surface area contributed by atoms with Crippen molar-refractivity contribution in [1.29, 1.82) is 0 Å². The third-order valence-corrected chi connectivity index (χ3v) is 8.77. The Morgan fingerprint density at radius 2 is 1.16 bits per heavy atom. The molecule has 0 saturated carbocycles. The summed E-state index contributed by atoms with van der Waals surface area (Å²) >= 11 is 0. The zero-order valence-electron chi connectivity index (χ0n) is 26.3. The number of benzene rings is 1. The number of carbonyl (C=O) groups is 1. The minimum atomic E-state index is -0.939. The topological polar surface area (TPSA) is 94.7 Å². The quantitative estimate of drug-likeness (QED) is 0.122. The van der Waals surface area contributed by atoms with E-state index < -0.39 is 5.97 Å². The molecule has 0 fully saturated rings. The van der Waals surface area contributed by atoms with Gasteiger partial charge in [0.2, 0.25) is 0 Å². The molecule has 6 nitrogen and oxygen atoms in total. The van der Waals surface area contributed by atoms with Crippen LogP contribution in [0.3, 0.4) is 0 Å². The maximum Gasteiger partial charge on any atom is 0.335 e. The number of hydrogen-bond acceptors (Lipinski definition) is 3. The van der Waals surface area contributed by atoms with Gasteiger partial charge in [-0.05, 0) is 98.0 Å². The number of nitrogens with zero attached hydrogens (tertiary/aromatic N) is 2. The van der Waals surface area contributed by atoms with Crippen LogP contribution in [0, 0.1) is 0 Å². The highest BCUT2D eigenvalue weighted by Crippen LogP contribution is 2.32. The number of nitrogens with one attached hydrogen (secondary N) is 2. The molecular weight excluding hydrogens is 556 g/mol. The van der Waals surface area contributed by atoms with Crippen molar-refractivity contribution in [2.75, 3.05) is 0 Å². The number of hydrogen-bond donors (Lipinski definition) is 3. The molecule has 8 bridgehead atoms. The van der Waals surface area contributed by atoms with Crippen LogP contribution in [-0.4, -0.2) is 31.0 Å². The Kier molecular flexibility index (Phi) is 9.39. The van der Waals surface area contributed by atoms with Crippen molar-refractivity contribution in [2.24, 2.45) is 0 Å². The second-order valence-electron chi connectivity index (χ2n) is 12.1. The SMILES string of the molecule is CCCCCCc1c2nc(c(CCCCCC)c3ccc(cc4ccc([nH]4)c(-c4ccc(C(=O)O)cc4)c4nc1C=C4)[nH]3)C=C2. The van der Waals surface area contributed by atoms with Gasteiger partial charge in [0.25, 0.3) is 0 Å². The van der Waals surface area contributed by atoms with Crippen molar-refractivity contribution in [3.63, 3.8) is 0 Å². The van der Waals surface area contributed by atoms with Gasteiger partial charge in [-0.15, -0.1) is 0 Å². The van der Waals surface area contributed by atoms with E-state index in [-0.39, 0.29) is 5.56 Å². The number of rotatable bonds is 12. The van der Waals surface area contributed by atoms with Crippen LogP contribution in [0.25, 0.3) is 57.5 Å². The van der Waals surface area contributed by atoms with Crippen LogP contribution < -0.4 is 0 Å². The number of carboxylic acids is 1. The lowest BCUT2D eigenvalue weighted by Crippen LogP contribution is -1.97. The first-order chi connectivity index (χ1) is 22.0. The molecule has 1 aromatic carbocycles. The van der Waals surface area contributed by atoms with E-state index in [1.54, 1.807) is 12.1 Å². The third kappa shape index (κ3) is 6.85. The third-order valence-electron chi connectivity index (χ3n) is 8.77. The molecule has 0 atom stereocenters. The van der Waals surface area contributed by atoms with Crippen molar-refractivity contribution in [1.82, 2.24) is 19.9 Å². The molecule has 0 aliphatic carbocycles. The number of aryl methyl sites for hydroxylation is 1. The Morgan fingerprint density at radius 3 is 1.78 bits per heavy atom. The molecule has 4 aromatic rings. The molecule has 45 heavy (non-hydrogen) atoms. The molecule has 2 aliphatic heterocycles. The summed E-state index contributed by atoms with van der Waals surface area (Å²) in [4.78, 5) is 29.4. The maximum atomic E-state index is 11.6. The summed E-state index contributed by atoms with van der Waals surface area (Å²) < 4.78 is 0. The van der Waals surface area contributed by atoms with Gasteiger partial charge in [-0.2, -0.15) is 0 Å². The summed E-state index contributed by atoms with van der Waals surface area (Å²) in [6.45, 7) is 4.49. The van der Waals surface area contributed by atoms with Crippen molar-refractivity contribution in [2.45, 2.75) is 78.1 Å². The number of unbranched alkanes of at least 4 members (excludes halogenated alkanes) is 6. The van der Waals surface area contributed by atoms with Crippen LogP contribution in [0.5, 0.6) is 0 Å². The first-order valence-electron chi connectivity index (χ1n) is 16.5. The maximum absolute atomic E-state index is 11.6. The van der Waals surface area contributed by atoms with E-state index in [4.69, 9.17) is 9.97 Å². The molecule has 0 unspecified atom stereocenters. The highest BCUT2D eigenvalue weighted by molar-refractivity contribution is 5.93. The minimum Gasteiger partial charge on any atom is -0.478 e. The monoisotopic (exact) mass is 598 g/mol. The second-order valence-corrected chi connectivity index (χ2v) is 12.1. The average Bonchev–Trinajstić information content (AvgIpc) is 3.87.